The predicted molar refractivity (Wildman–Crippen MR) is 73.9 cm³/mol. The molecule has 0 radical (unpaired) electrons. The van der Waals surface area contributed by atoms with E-state index in [0.29, 0.717) is 5.88 Å². The number of rotatable bonds is 5. The van der Waals surface area contributed by atoms with Crippen LogP contribution in [0.2, 0.25) is 5.02 Å². The maximum absolute atomic E-state index is 6.32. The molecule has 1 rings (SSSR count). The zero-order chi connectivity index (χ0) is 13.2. The molecule has 0 aliphatic heterocycles. The first-order valence-electron chi connectivity index (χ1n) is 5.81. The van der Waals surface area contributed by atoms with Gasteiger partial charge < -0.3 is 0 Å². The summed E-state index contributed by atoms with van der Waals surface area (Å²) < 4.78 is 1.86. The van der Waals surface area contributed by atoms with Gasteiger partial charge in [0.05, 0.1) is 16.4 Å². The van der Waals surface area contributed by atoms with Gasteiger partial charge in [-0.25, -0.2) is 0 Å². The first kappa shape index (κ1) is 14.8. The molecule has 0 aliphatic carbocycles. The van der Waals surface area contributed by atoms with Crippen LogP contribution in [0.3, 0.4) is 0 Å². The predicted octanol–water partition coefficient (Wildman–Crippen LogP) is 3.09. The summed E-state index contributed by atoms with van der Waals surface area (Å²) in [5.41, 5.74) is 1.95. The van der Waals surface area contributed by atoms with Crippen molar-refractivity contribution >= 4 is 23.2 Å². The molecule has 0 unspecified atom stereocenters. The molecule has 0 aliphatic rings. The largest absolute Gasteiger partial charge is 0.294 e. The minimum absolute atomic E-state index is 0.0540. The Morgan fingerprint density at radius 1 is 1.41 bits per heavy atom. The summed E-state index contributed by atoms with van der Waals surface area (Å²) in [6, 6.07) is 0. The molecule has 0 saturated carbocycles. The number of nitrogens with zero attached hydrogens (tertiary/aromatic N) is 3. The van der Waals surface area contributed by atoms with Crippen LogP contribution < -0.4 is 0 Å². The Labute approximate surface area is 114 Å². The van der Waals surface area contributed by atoms with Crippen molar-refractivity contribution in [3.8, 4) is 0 Å². The van der Waals surface area contributed by atoms with Gasteiger partial charge in [0.25, 0.3) is 0 Å². The molecule has 0 saturated heterocycles. The Bertz CT molecular complexity index is 385. The van der Waals surface area contributed by atoms with Crippen molar-refractivity contribution in [1.82, 2.24) is 14.7 Å². The highest BCUT2D eigenvalue weighted by molar-refractivity contribution is 6.31. The van der Waals surface area contributed by atoms with Gasteiger partial charge in [-0.05, 0) is 27.3 Å². The first-order valence-corrected chi connectivity index (χ1v) is 6.72. The Morgan fingerprint density at radius 2 is 2.00 bits per heavy atom. The van der Waals surface area contributed by atoms with Gasteiger partial charge in [0.15, 0.2) is 0 Å². The molecular formula is C12H21Cl2N3. The topological polar surface area (TPSA) is 21.1 Å². The van der Waals surface area contributed by atoms with E-state index in [4.69, 9.17) is 23.2 Å². The number of aryl methyl sites for hydroxylation is 2. The summed E-state index contributed by atoms with van der Waals surface area (Å²) in [4.78, 5) is 2.20. The quantitative estimate of drug-likeness (QED) is 0.772. The zero-order valence-corrected chi connectivity index (χ0v) is 12.7. The zero-order valence-electron chi connectivity index (χ0n) is 11.2. The van der Waals surface area contributed by atoms with Gasteiger partial charge in [0, 0.05) is 25.0 Å². The van der Waals surface area contributed by atoms with Crippen molar-refractivity contribution in [3.05, 3.63) is 16.4 Å². The van der Waals surface area contributed by atoms with Crippen molar-refractivity contribution in [2.45, 2.75) is 39.3 Å². The first-order chi connectivity index (χ1) is 7.83. The van der Waals surface area contributed by atoms with E-state index in [1.165, 1.54) is 0 Å². The Morgan fingerprint density at radius 3 is 2.41 bits per heavy atom. The molecule has 0 atom stereocenters. The second-order valence-electron chi connectivity index (χ2n) is 4.99. The number of hydrogen-bond acceptors (Lipinski definition) is 2. The molecule has 5 heteroatoms. The van der Waals surface area contributed by atoms with Crippen molar-refractivity contribution in [1.29, 1.82) is 0 Å². The van der Waals surface area contributed by atoms with Crippen LogP contribution >= 0.6 is 23.2 Å². The van der Waals surface area contributed by atoms with E-state index in [-0.39, 0.29) is 5.54 Å². The van der Waals surface area contributed by atoms with Gasteiger partial charge in [-0.3, -0.25) is 9.58 Å². The molecule has 0 bridgehead atoms. The van der Waals surface area contributed by atoms with E-state index < -0.39 is 0 Å². The number of hydrogen-bond donors (Lipinski definition) is 0. The fraction of sp³-hybridized carbons (Fsp3) is 0.750. The van der Waals surface area contributed by atoms with Gasteiger partial charge in [-0.2, -0.15) is 5.10 Å². The maximum atomic E-state index is 6.32. The summed E-state index contributed by atoms with van der Waals surface area (Å²) >= 11 is 12.3. The highest BCUT2D eigenvalue weighted by Crippen LogP contribution is 2.24. The van der Waals surface area contributed by atoms with E-state index in [2.05, 4.69) is 37.8 Å². The molecule has 98 valence electrons. The normalized spacial score (nSPS) is 12.5. The average molecular weight is 278 g/mol. The van der Waals surface area contributed by atoms with Crippen molar-refractivity contribution < 1.29 is 0 Å². The lowest BCUT2D eigenvalue weighted by Gasteiger charge is -2.33. The van der Waals surface area contributed by atoms with Gasteiger partial charge in [0.1, 0.15) is 0 Å². The summed E-state index contributed by atoms with van der Waals surface area (Å²) in [5, 5.41) is 5.20. The van der Waals surface area contributed by atoms with E-state index in [1.54, 1.807) is 0 Å². The monoisotopic (exact) mass is 277 g/mol. The Hall–Kier alpha value is -0.250. The lowest BCUT2D eigenvalue weighted by Crippen LogP contribution is -2.42. The SMILES string of the molecule is CCc1nn(C)c(CN(C)C(C)(C)CCl)c1Cl. The van der Waals surface area contributed by atoms with Gasteiger partial charge in [0.2, 0.25) is 0 Å². The summed E-state index contributed by atoms with van der Waals surface area (Å²) in [6.45, 7) is 7.04. The summed E-state index contributed by atoms with van der Waals surface area (Å²) in [5.74, 6) is 0.583. The minimum Gasteiger partial charge on any atom is -0.294 e. The van der Waals surface area contributed by atoms with Crippen molar-refractivity contribution in [2.24, 2.45) is 7.05 Å². The molecule has 0 aromatic carbocycles. The molecular weight excluding hydrogens is 257 g/mol. The van der Waals surface area contributed by atoms with E-state index in [1.807, 2.05) is 11.7 Å². The van der Waals surface area contributed by atoms with E-state index >= 15 is 0 Å². The fourth-order valence-corrected chi connectivity index (χ4v) is 2.09. The van der Waals surface area contributed by atoms with Crippen molar-refractivity contribution in [3.63, 3.8) is 0 Å². The molecule has 0 amide bonds. The van der Waals surface area contributed by atoms with Crippen LogP contribution in [-0.2, 0) is 20.0 Å². The fourth-order valence-electron chi connectivity index (χ4n) is 1.53. The van der Waals surface area contributed by atoms with Gasteiger partial charge in [-0.15, -0.1) is 11.6 Å². The van der Waals surface area contributed by atoms with Crippen LogP contribution in [-0.4, -0.2) is 33.1 Å². The third-order valence-electron chi connectivity index (χ3n) is 3.25. The maximum Gasteiger partial charge on any atom is 0.0863 e. The highest BCUT2D eigenvalue weighted by atomic mass is 35.5. The molecule has 0 N–H and O–H groups in total. The van der Waals surface area contributed by atoms with Crippen LogP contribution in [0.5, 0.6) is 0 Å². The third kappa shape index (κ3) is 3.15. The van der Waals surface area contributed by atoms with Crippen molar-refractivity contribution in [2.75, 3.05) is 12.9 Å². The lowest BCUT2D eigenvalue weighted by molar-refractivity contribution is 0.166. The molecule has 1 aromatic heterocycles. The van der Waals surface area contributed by atoms with Crippen LogP contribution in [0.4, 0.5) is 0 Å². The van der Waals surface area contributed by atoms with Gasteiger partial charge >= 0.3 is 0 Å². The number of alkyl halides is 1. The van der Waals surface area contributed by atoms with E-state index in [0.717, 1.165) is 29.4 Å². The minimum atomic E-state index is -0.0540. The van der Waals surface area contributed by atoms with E-state index in [9.17, 15) is 0 Å². The Balaban J connectivity index is 2.92. The lowest BCUT2D eigenvalue weighted by atomic mass is 10.1. The second-order valence-corrected chi connectivity index (χ2v) is 5.63. The number of aromatic nitrogens is 2. The molecule has 1 heterocycles. The van der Waals surface area contributed by atoms with Crippen LogP contribution in [0.1, 0.15) is 32.2 Å². The van der Waals surface area contributed by atoms with Crippen LogP contribution in [0.25, 0.3) is 0 Å². The molecule has 17 heavy (non-hydrogen) atoms. The number of halogens is 2. The molecule has 0 fully saturated rings. The summed E-state index contributed by atoms with van der Waals surface area (Å²) in [7, 11) is 3.99. The van der Waals surface area contributed by atoms with Crippen LogP contribution in [0, 0.1) is 0 Å². The average Bonchev–Trinajstić information content (AvgIpc) is 2.56. The second kappa shape index (κ2) is 5.59. The standard InChI is InChI=1S/C12H21Cl2N3/c1-6-9-11(14)10(17(5)15-9)7-16(4)12(2,3)8-13/h6-8H2,1-5H3. The van der Waals surface area contributed by atoms with Crippen LogP contribution in [0.15, 0.2) is 0 Å². The molecule has 0 spiro atoms. The van der Waals surface area contributed by atoms with Gasteiger partial charge in [-0.1, -0.05) is 18.5 Å². The highest BCUT2D eigenvalue weighted by Gasteiger charge is 2.24. The Kier molecular flexibility index (Phi) is 4.87. The smallest absolute Gasteiger partial charge is 0.0863 e. The third-order valence-corrected chi connectivity index (χ3v) is 4.34. The summed E-state index contributed by atoms with van der Waals surface area (Å²) in [6.07, 6.45) is 0.856. The molecule has 1 aromatic rings. The molecule has 3 nitrogen and oxygen atoms in total.